The quantitative estimate of drug-likeness (QED) is 0.618. The highest BCUT2D eigenvalue weighted by atomic mass is 15.2. The highest BCUT2D eigenvalue weighted by Gasteiger charge is 2.02. The summed E-state index contributed by atoms with van der Waals surface area (Å²) in [5, 5.41) is 6.57. The van der Waals surface area contributed by atoms with Crippen molar-refractivity contribution in [1.82, 2.24) is 15.2 Å². The molecule has 0 aliphatic carbocycles. The smallest absolute Gasteiger partial charge is 0.150 e. The monoisotopic (exact) mass is 140 g/mol. The Labute approximate surface area is 59.8 Å². The van der Waals surface area contributed by atoms with E-state index in [9.17, 15) is 0 Å². The lowest BCUT2D eigenvalue weighted by atomic mass is 10.1. The van der Waals surface area contributed by atoms with Gasteiger partial charge in [-0.05, 0) is 12.5 Å². The van der Waals surface area contributed by atoms with Gasteiger partial charge < -0.3 is 5.73 Å². The highest BCUT2D eigenvalue weighted by molar-refractivity contribution is 4.81. The van der Waals surface area contributed by atoms with E-state index in [0.717, 1.165) is 12.2 Å². The average molecular weight is 140 g/mol. The third-order valence-electron chi connectivity index (χ3n) is 1.40. The third kappa shape index (κ3) is 1.80. The van der Waals surface area contributed by atoms with Crippen LogP contribution < -0.4 is 5.73 Å². The summed E-state index contributed by atoms with van der Waals surface area (Å²) in [6, 6.07) is 0. The molecule has 0 radical (unpaired) electrons. The van der Waals surface area contributed by atoms with Crippen molar-refractivity contribution in [3.8, 4) is 0 Å². The molecule has 0 bridgehead atoms. The fourth-order valence-electron chi connectivity index (χ4n) is 0.729. The Kier molecular flexibility index (Phi) is 2.39. The number of nitrogens with two attached hydrogens (primary N) is 1. The normalized spacial score (nSPS) is 13.4. The standard InChI is InChI=1S/C6H12N4/c1-5(3-7)2-6-8-4-9-10-6/h4-5H,2-3,7H2,1H3,(H,8,9,10)/t5-/m0/s1. The Morgan fingerprint density at radius 3 is 3.10 bits per heavy atom. The Morgan fingerprint density at radius 1 is 1.80 bits per heavy atom. The summed E-state index contributed by atoms with van der Waals surface area (Å²) < 4.78 is 0. The molecule has 56 valence electrons. The minimum absolute atomic E-state index is 0.468. The van der Waals surface area contributed by atoms with Crippen LogP contribution in [0.15, 0.2) is 6.33 Å². The summed E-state index contributed by atoms with van der Waals surface area (Å²) in [7, 11) is 0. The van der Waals surface area contributed by atoms with Crippen LogP contribution >= 0.6 is 0 Å². The second kappa shape index (κ2) is 3.31. The van der Waals surface area contributed by atoms with E-state index < -0.39 is 0 Å². The first-order valence-corrected chi connectivity index (χ1v) is 3.37. The number of hydrogen-bond donors (Lipinski definition) is 2. The van der Waals surface area contributed by atoms with Crippen LogP contribution in [-0.4, -0.2) is 21.7 Å². The maximum atomic E-state index is 5.42. The van der Waals surface area contributed by atoms with Crippen molar-refractivity contribution in [2.24, 2.45) is 11.7 Å². The second-order valence-electron chi connectivity index (χ2n) is 2.46. The van der Waals surface area contributed by atoms with Gasteiger partial charge in [0, 0.05) is 6.42 Å². The van der Waals surface area contributed by atoms with E-state index in [1.165, 1.54) is 0 Å². The molecule has 4 heteroatoms. The molecule has 1 heterocycles. The summed E-state index contributed by atoms with van der Waals surface area (Å²) in [5.74, 6) is 1.31. The van der Waals surface area contributed by atoms with Crippen LogP contribution in [0.1, 0.15) is 12.7 Å². The van der Waals surface area contributed by atoms with Gasteiger partial charge >= 0.3 is 0 Å². The number of nitrogens with one attached hydrogen (secondary N) is 1. The number of H-pyrrole nitrogens is 1. The summed E-state index contributed by atoms with van der Waals surface area (Å²) in [6.07, 6.45) is 2.44. The van der Waals surface area contributed by atoms with Crippen molar-refractivity contribution in [3.05, 3.63) is 12.2 Å². The molecule has 0 unspecified atom stereocenters. The minimum Gasteiger partial charge on any atom is -0.330 e. The molecule has 0 saturated carbocycles. The summed E-state index contributed by atoms with van der Waals surface area (Å²) in [6.45, 7) is 2.77. The van der Waals surface area contributed by atoms with Crippen molar-refractivity contribution in [1.29, 1.82) is 0 Å². The van der Waals surface area contributed by atoms with Gasteiger partial charge in [0.25, 0.3) is 0 Å². The molecule has 10 heavy (non-hydrogen) atoms. The molecule has 1 aromatic rings. The fraction of sp³-hybridized carbons (Fsp3) is 0.667. The van der Waals surface area contributed by atoms with Crippen molar-refractivity contribution in [2.45, 2.75) is 13.3 Å². The van der Waals surface area contributed by atoms with Crippen molar-refractivity contribution < 1.29 is 0 Å². The molecular formula is C6H12N4. The molecule has 3 N–H and O–H groups in total. The molecular weight excluding hydrogens is 128 g/mol. The molecule has 1 rings (SSSR count). The molecule has 0 fully saturated rings. The summed E-state index contributed by atoms with van der Waals surface area (Å²) >= 11 is 0. The van der Waals surface area contributed by atoms with Gasteiger partial charge in [-0.15, -0.1) is 0 Å². The van der Waals surface area contributed by atoms with Crippen molar-refractivity contribution in [3.63, 3.8) is 0 Å². The number of rotatable bonds is 3. The molecule has 1 aromatic heterocycles. The fourth-order valence-corrected chi connectivity index (χ4v) is 0.729. The summed E-state index contributed by atoms with van der Waals surface area (Å²) in [5.41, 5.74) is 5.42. The lowest BCUT2D eigenvalue weighted by molar-refractivity contribution is 0.575. The van der Waals surface area contributed by atoms with Gasteiger partial charge in [0.05, 0.1) is 0 Å². The topological polar surface area (TPSA) is 67.6 Å². The van der Waals surface area contributed by atoms with Gasteiger partial charge in [-0.3, -0.25) is 5.10 Å². The van der Waals surface area contributed by atoms with Gasteiger partial charge in [-0.1, -0.05) is 6.92 Å². The van der Waals surface area contributed by atoms with Crippen LogP contribution in [0.4, 0.5) is 0 Å². The van der Waals surface area contributed by atoms with Crippen LogP contribution in [-0.2, 0) is 6.42 Å². The van der Waals surface area contributed by atoms with E-state index in [-0.39, 0.29) is 0 Å². The lowest BCUT2D eigenvalue weighted by Crippen LogP contribution is -2.13. The largest absolute Gasteiger partial charge is 0.330 e. The van der Waals surface area contributed by atoms with E-state index in [1.807, 2.05) is 0 Å². The predicted octanol–water partition coefficient (Wildman–Crippen LogP) is -0.0580. The highest BCUT2D eigenvalue weighted by Crippen LogP contribution is 1.99. The van der Waals surface area contributed by atoms with Crippen LogP contribution in [0, 0.1) is 5.92 Å². The van der Waals surface area contributed by atoms with Crippen molar-refractivity contribution >= 4 is 0 Å². The molecule has 0 aliphatic rings. The van der Waals surface area contributed by atoms with E-state index in [2.05, 4.69) is 22.1 Å². The molecule has 4 nitrogen and oxygen atoms in total. The predicted molar refractivity (Wildman–Crippen MR) is 38.3 cm³/mol. The van der Waals surface area contributed by atoms with Crippen LogP contribution in [0.5, 0.6) is 0 Å². The van der Waals surface area contributed by atoms with Crippen LogP contribution in [0.2, 0.25) is 0 Å². The van der Waals surface area contributed by atoms with E-state index in [4.69, 9.17) is 5.73 Å². The van der Waals surface area contributed by atoms with E-state index in [0.29, 0.717) is 12.5 Å². The maximum absolute atomic E-state index is 5.42. The number of nitrogens with zero attached hydrogens (tertiary/aromatic N) is 2. The van der Waals surface area contributed by atoms with Gasteiger partial charge in [0.15, 0.2) is 5.82 Å². The first kappa shape index (κ1) is 7.21. The number of aromatic amines is 1. The number of aromatic nitrogens is 3. The molecule has 0 aliphatic heterocycles. The lowest BCUT2D eigenvalue weighted by Gasteiger charge is -2.02. The van der Waals surface area contributed by atoms with E-state index >= 15 is 0 Å². The van der Waals surface area contributed by atoms with E-state index in [1.54, 1.807) is 6.33 Å². The first-order valence-electron chi connectivity index (χ1n) is 3.37. The zero-order chi connectivity index (χ0) is 7.40. The summed E-state index contributed by atoms with van der Waals surface area (Å²) in [4.78, 5) is 3.98. The molecule has 0 saturated heterocycles. The zero-order valence-electron chi connectivity index (χ0n) is 6.04. The Hall–Kier alpha value is -0.900. The Balaban J connectivity index is 2.40. The third-order valence-corrected chi connectivity index (χ3v) is 1.40. The van der Waals surface area contributed by atoms with Gasteiger partial charge in [0.1, 0.15) is 6.33 Å². The SMILES string of the molecule is C[C@H](CN)Cc1nc[nH]n1. The van der Waals surface area contributed by atoms with Crippen LogP contribution in [0.3, 0.4) is 0 Å². The molecule has 0 aromatic carbocycles. The Morgan fingerprint density at radius 2 is 2.60 bits per heavy atom. The van der Waals surface area contributed by atoms with Gasteiger partial charge in [-0.2, -0.15) is 5.10 Å². The second-order valence-corrected chi connectivity index (χ2v) is 2.46. The molecule has 0 amide bonds. The van der Waals surface area contributed by atoms with Crippen LogP contribution in [0.25, 0.3) is 0 Å². The van der Waals surface area contributed by atoms with Gasteiger partial charge in [0.2, 0.25) is 0 Å². The molecule has 1 atom stereocenters. The minimum atomic E-state index is 0.468. The maximum Gasteiger partial charge on any atom is 0.150 e. The first-order chi connectivity index (χ1) is 4.83. The van der Waals surface area contributed by atoms with Crippen molar-refractivity contribution in [2.75, 3.05) is 6.54 Å². The Bertz CT molecular complexity index is 170. The number of hydrogen-bond acceptors (Lipinski definition) is 3. The average Bonchev–Trinajstić information content (AvgIpc) is 2.40. The molecule has 0 spiro atoms. The zero-order valence-corrected chi connectivity index (χ0v) is 6.04. The van der Waals surface area contributed by atoms with Gasteiger partial charge in [-0.25, -0.2) is 4.98 Å².